The first-order chi connectivity index (χ1) is 14.1. The van der Waals surface area contributed by atoms with E-state index in [1.54, 1.807) is 6.20 Å². The number of carbonyl (C=O) groups excluding carboxylic acids is 1. The highest BCUT2D eigenvalue weighted by Gasteiger charge is 2.09. The number of rotatable bonds is 9. The van der Waals surface area contributed by atoms with Crippen LogP contribution in [-0.2, 0) is 6.61 Å². The lowest BCUT2D eigenvalue weighted by atomic mass is 10.1. The summed E-state index contributed by atoms with van der Waals surface area (Å²) in [6.07, 6.45) is 3.77. The van der Waals surface area contributed by atoms with Crippen molar-refractivity contribution in [3.05, 3.63) is 84.2 Å². The maximum Gasteiger partial charge on any atom is 0.251 e. The molecule has 1 atom stereocenters. The van der Waals surface area contributed by atoms with E-state index in [0.29, 0.717) is 12.2 Å². The Morgan fingerprint density at radius 2 is 1.86 bits per heavy atom. The Morgan fingerprint density at radius 3 is 2.59 bits per heavy atom. The van der Waals surface area contributed by atoms with Crippen molar-refractivity contribution in [3.63, 3.8) is 0 Å². The van der Waals surface area contributed by atoms with Gasteiger partial charge < -0.3 is 15.4 Å². The standard InChI is InChI=1S/C24H27N3O2/c1-3-7-18(2)26-24(28)19-8-6-10-21(16-19)27-20-11-13-23(14-12-20)29-17-22-9-4-5-15-25-22/h4-6,8-16,18,27H,3,7,17H2,1-2H3,(H,26,28). The molecular formula is C24H27N3O2. The Bertz CT molecular complexity index is 911. The van der Waals surface area contributed by atoms with Gasteiger partial charge in [0.05, 0.1) is 5.69 Å². The number of amides is 1. The number of benzene rings is 2. The maximum atomic E-state index is 12.4. The lowest BCUT2D eigenvalue weighted by molar-refractivity contribution is 0.0938. The molecule has 5 heteroatoms. The van der Waals surface area contributed by atoms with Gasteiger partial charge in [0, 0.05) is 29.2 Å². The number of aromatic nitrogens is 1. The van der Waals surface area contributed by atoms with Crippen LogP contribution in [-0.4, -0.2) is 16.9 Å². The fraction of sp³-hybridized carbons (Fsp3) is 0.250. The molecule has 1 aromatic heterocycles. The van der Waals surface area contributed by atoms with E-state index in [9.17, 15) is 4.79 Å². The van der Waals surface area contributed by atoms with Gasteiger partial charge in [-0.2, -0.15) is 0 Å². The van der Waals surface area contributed by atoms with Gasteiger partial charge in [-0.25, -0.2) is 0 Å². The molecule has 3 rings (SSSR count). The molecule has 0 aliphatic rings. The molecule has 2 aromatic carbocycles. The topological polar surface area (TPSA) is 63.2 Å². The highest BCUT2D eigenvalue weighted by atomic mass is 16.5. The lowest BCUT2D eigenvalue weighted by Gasteiger charge is -2.14. The van der Waals surface area contributed by atoms with Gasteiger partial charge >= 0.3 is 0 Å². The Morgan fingerprint density at radius 1 is 1.03 bits per heavy atom. The summed E-state index contributed by atoms with van der Waals surface area (Å²) in [6.45, 7) is 4.57. The van der Waals surface area contributed by atoms with Crippen LogP contribution in [0.5, 0.6) is 5.75 Å². The van der Waals surface area contributed by atoms with Gasteiger partial charge in [0.15, 0.2) is 0 Å². The molecule has 0 saturated carbocycles. The van der Waals surface area contributed by atoms with Gasteiger partial charge in [-0.3, -0.25) is 9.78 Å². The third-order valence-electron chi connectivity index (χ3n) is 4.48. The second kappa shape index (κ2) is 10.3. The maximum absolute atomic E-state index is 12.4. The van der Waals surface area contributed by atoms with Gasteiger partial charge in [0.1, 0.15) is 12.4 Å². The van der Waals surface area contributed by atoms with E-state index < -0.39 is 0 Å². The zero-order valence-electron chi connectivity index (χ0n) is 16.9. The van der Waals surface area contributed by atoms with Crippen molar-refractivity contribution in [3.8, 4) is 5.75 Å². The number of nitrogens with zero attached hydrogens (tertiary/aromatic N) is 1. The van der Waals surface area contributed by atoms with Crippen molar-refractivity contribution in [2.45, 2.75) is 39.3 Å². The number of anilines is 2. The Balaban J connectivity index is 1.58. The van der Waals surface area contributed by atoms with E-state index in [0.717, 1.165) is 35.7 Å². The molecule has 29 heavy (non-hydrogen) atoms. The summed E-state index contributed by atoms with van der Waals surface area (Å²) < 4.78 is 5.76. The van der Waals surface area contributed by atoms with Crippen molar-refractivity contribution < 1.29 is 9.53 Å². The predicted octanol–water partition coefficient (Wildman–Crippen LogP) is 5.32. The molecule has 5 nitrogen and oxygen atoms in total. The molecule has 0 fully saturated rings. The fourth-order valence-corrected chi connectivity index (χ4v) is 2.99. The summed E-state index contributed by atoms with van der Waals surface area (Å²) in [6, 6.07) is 21.2. The molecule has 2 N–H and O–H groups in total. The van der Waals surface area contributed by atoms with E-state index in [4.69, 9.17) is 4.74 Å². The number of hydrogen-bond acceptors (Lipinski definition) is 4. The average molecular weight is 389 g/mol. The first-order valence-electron chi connectivity index (χ1n) is 9.95. The Kier molecular flexibility index (Phi) is 7.22. The molecule has 0 bridgehead atoms. The quantitative estimate of drug-likeness (QED) is 0.520. The first kappa shape index (κ1) is 20.4. The van der Waals surface area contributed by atoms with Gasteiger partial charge in [0.2, 0.25) is 0 Å². The molecule has 0 aliphatic heterocycles. The van der Waals surface area contributed by atoms with Crippen molar-refractivity contribution in [2.24, 2.45) is 0 Å². The molecule has 1 heterocycles. The van der Waals surface area contributed by atoms with Crippen molar-refractivity contribution >= 4 is 17.3 Å². The van der Waals surface area contributed by atoms with Crippen LogP contribution in [0.4, 0.5) is 11.4 Å². The summed E-state index contributed by atoms with van der Waals surface area (Å²) in [5.74, 6) is 0.729. The largest absolute Gasteiger partial charge is 0.487 e. The molecule has 0 radical (unpaired) electrons. The lowest BCUT2D eigenvalue weighted by Crippen LogP contribution is -2.32. The summed E-state index contributed by atoms with van der Waals surface area (Å²) in [5, 5.41) is 6.37. The van der Waals surface area contributed by atoms with Gasteiger partial charge in [-0.15, -0.1) is 0 Å². The zero-order chi connectivity index (χ0) is 20.5. The SMILES string of the molecule is CCCC(C)NC(=O)c1cccc(Nc2ccc(OCc3ccccn3)cc2)c1. The summed E-state index contributed by atoms with van der Waals surface area (Å²) in [5.41, 5.74) is 3.32. The van der Waals surface area contributed by atoms with Crippen LogP contribution in [0.3, 0.4) is 0 Å². The third-order valence-corrected chi connectivity index (χ3v) is 4.48. The highest BCUT2D eigenvalue weighted by molar-refractivity contribution is 5.95. The molecule has 1 amide bonds. The van der Waals surface area contributed by atoms with Gasteiger partial charge in [0.25, 0.3) is 5.91 Å². The number of nitrogens with one attached hydrogen (secondary N) is 2. The molecule has 150 valence electrons. The number of hydrogen-bond donors (Lipinski definition) is 2. The highest BCUT2D eigenvalue weighted by Crippen LogP contribution is 2.21. The van der Waals surface area contributed by atoms with Crippen LogP contribution in [0, 0.1) is 0 Å². The van der Waals surface area contributed by atoms with Crippen molar-refractivity contribution in [1.29, 1.82) is 0 Å². The molecular weight excluding hydrogens is 362 g/mol. The smallest absolute Gasteiger partial charge is 0.251 e. The summed E-state index contributed by atoms with van der Waals surface area (Å²) >= 11 is 0. The fourth-order valence-electron chi connectivity index (χ4n) is 2.99. The average Bonchev–Trinajstić information content (AvgIpc) is 2.74. The number of pyridine rings is 1. The molecule has 0 saturated heterocycles. The minimum Gasteiger partial charge on any atom is -0.487 e. The molecule has 3 aromatic rings. The zero-order valence-corrected chi connectivity index (χ0v) is 16.9. The second-order valence-electron chi connectivity index (χ2n) is 7.00. The van der Waals surface area contributed by atoms with Crippen LogP contribution < -0.4 is 15.4 Å². The summed E-state index contributed by atoms with van der Waals surface area (Å²) in [7, 11) is 0. The predicted molar refractivity (Wildman–Crippen MR) is 117 cm³/mol. The van der Waals surface area contributed by atoms with Crippen molar-refractivity contribution in [1.82, 2.24) is 10.3 Å². The van der Waals surface area contributed by atoms with Gasteiger partial charge in [-0.1, -0.05) is 25.5 Å². The monoisotopic (exact) mass is 389 g/mol. The van der Waals surface area contributed by atoms with Crippen LogP contribution in [0.15, 0.2) is 72.9 Å². The van der Waals surface area contributed by atoms with E-state index in [1.165, 1.54) is 0 Å². The van der Waals surface area contributed by atoms with Crippen LogP contribution in [0.25, 0.3) is 0 Å². The normalized spacial score (nSPS) is 11.5. The van der Waals surface area contributed by atoms with E-state index >= 15 is 0 Å². The minimum atomic E-state index is -0.0483. The van der Waals surface area contributed by atoms with Crippen LogP contribution >= 0.6 is 0 Å². The minimum absolute atomic E-state index is 0.0483. The number of carbonyl (C=O) groups is 1. The van der Waals surface area contributed by atoms with Crippen LogP contribution in [0.1, 0.15) is 42.7 Å². The third kappa shape index (κ3) is 6.35. The Labute approximate surface area is 172 Å². The first-order valence-corrected chi connectivity index (χ1v) is 9.95. The molecule has 1 unspecified atom stereocenters. The number of ether oxygens (including phenoxy) is 1. The molecule has 0 aliphatic carbocycles. The van der Waals surface area contributed by atoms with Crippen LogP contribution in [0.2, 0.25) is 0 Å². The summed E-state index contributed by atoms with van der Waals surface area (Å²) in [4.78, 5) is 16.7. The van der Waals surface area contributed by atoms with E-state index in [-0.39, 0.29) is 11.9 Å². The van der Waals surface area contributed by atoms with Crippen molar-refractivity contribution in [2.75, 3.05) is 5.32 Å². The van der Waals surface area contributed by atoms with Gasteiger partial charge in [-0.05, 0) is 67.9 Å². The Hall–Kier alpha value is -3.34. The van der Waals surface area contributed by atoms with E-state index in [1.807, 2.05) is 73.7 Å². The second-order valence-corrected chi connectivity index (χ2v) is 7.00. The van der Waals surface area contributed by atoms with E-state index in [2.05, 4.69) is 22.5 Å². The molecule has 0 spiro atoms.